The van der Waals surface area contributed by atoms with Crippen molar-refractivity contribution in [2.75, 3.05) is 26.4 Å². The minimum absolute atomic E-state index is 0.0553. The van der Waals surface area contributed by atoms with Gasteiger partial charge < -0.3 is 20.1 Å². The van der Waals surface area contributed by atoms with Gasteiger partial charge in [0.2, 0.25) is 0 Å². The minimum Gasteiger partial charge on any atom is -0.462 e. The van der Waals surface area contributed by atoms with Crippen molar-refractivity contribution in [3.8, 4) is 0 Å². The van der Waals surface area contributed by atoms with Crippen LogP contribution >= 0.6 is 7.82 Å². The van der Waals surface area contributed by atoms with E-state index in [1.165, 1.54) is 283 Å². The quantitative estimate of drug-likeness (QED) is 0.0264. The first-order chi connectivity index (χ1) is 41.8. The highest BCUT2D eigenvalue weighted by Crippen LogP contribution is 2.43. The van der Waals surface area contributed by atoms with Gasteiger partial charge in [-0.05, 0) is 77.0 Å². The molecule has 0 saturated heterocycles. The van der Waals surface area contributed by atoms with E-state index in [4.69, 9.17) is 24.3 Å². The van der Waals surface area contributed by atoms with E-state index >= 15 is 0 Å². The number of phosphoric acid groups is 1. The first-order valence-corrected chi connectivity index (χ1v) is 38.3. The SMILES string of the molecule is CC/C=C\C/C=C\C/C=C\C/C=C\CCCCCCCCCCCCCCCCCCCCCCCCCCCCC(=O)OC(COC(=O)CCCCCCCCCCCCCCC/C=C\CCCCCCCCCC)COP(=O)(O)OCCN. The molecule has 0 aliphatic heterocycles. The van der Waals surface area contributed by atoms with Crippen LogP contribution in [0.15, 0.2) is 60.8 Å². The van der Waals surface area contributed by atoms with E-state index in [9.17, 15) is 19.0 Å². The second-order valence-corrected chi connectivity index (χ2v) is 26.2. The Morgan fingerprint density at radius 1 is 0.365 bits per heavy atom. The molecule has 0 aromatic carbocycles. The summed E-state index contributed by atoms with van der Waals surface area (Å²) >= 11 is 0. The van der Waals surface area contributed by atoms with E-state index in [1.807, 2.05) is 0 Å². The molecule has 2 atom stereocenters. The lowest BCUT2D eigenvalue weighted by atomic mass is 10.0. The zero-order valence-electron chi connectivity index (χ0n) is 56.1. The van der Waals surface area contributed by atoms with Crippen molar-refractivity contribution >= 4 is 19.8 Å². The Morgan fingerprint density at radius 3 is 0.976 bits per heavy atom. The predicted molar refractivity (Wildman–Crippen MR) is 367 cm³/mol. The van der Waals surface area contributed by atoms with E-state index in [-0.39, 0.29) is 38.6 Å². The van der Waals surface area contributed by atoms with Crippen LogP contribution in [0.5, 0.6) is 0 Å². The van der Waals surface area contributed by atoms with Crippen LogP contribution in [0, 0.1) is 0 Å². The maximum absolute atomic E-state index is 12.8. The summed E-state index contributed by atoms with van der Waals surface area (Å²) in [6.45, 7) is 3.70. The molecule has 0 rings (SSSR count). The summed E-state index contributed by atoms with van der Waals surface area (Å²) < 4.78 is 33.2. The lowest BCUT2D eigenvalue weighted by Crippen LogP contribution is -2.29. The van der Waals surface area contributed by atoms with Crippen molar-refractivity contribution in [1.29, 1.82) is 0 Å². The molecular formula is C75H140NO8P. The van der Waals surface area contributed by atoms with Crippen LogP contribution in [0.1, 0.15) is 373 Å². The number of rotatable bonds is 70. The molecule has 3 N–H and O–H groups in total. The van der Waals surface area contributed by atoms with Crippen LogP contribution in [-0.4, -0.2) is 49.3 Å². The number of nitrogens with two attached hydrogens (primary N) is 1. The van der Waals surface area contributed by atoms with E-state index in [0.717, 1.165) is 57.8 Å². The second-order valence-electron chi connectivity index (χ2n) is 24.8. The molecule has 0 saturated carbocycles. The fourth-order valence-electron chi connectivity index (χ4n) is 11.0. The Bertz CT molecular complexity index is 1580. The van der Waals surface area contributed by atoms with Gasteiger partial charge in [-0.1, -0.05) is 344 Å². The number of carbonyl (C=O) groups is 2. The first kappa shape index (κ1) is 82.7. The van der Waals surface area contributed by atoms with Gasteiger partial charge in [0, 0.05) is 19.4 Å². The van der Waals surface area contributed by atoms with Crippen LogP contribution < -0.4 is 5.73 Å². The van der Waals surface area contributed by atoms with Crippen LogP contribution in [0.4, 0.5) is 0 Å². The number of hydrogen-bond donors (Lipinski definition) is 2. The minimum atomic E-state index is -4.39. The monoisotopic (exact) mass is 1210 g/mol. The maximum Gasteiger partial charge on any atom is 0.472 e. The van der Waals surface area contributed by atoms with Crippen molar-refractivity contribution < 1.29 is 37.6 Å². The number of allylic oxidation sites excluding steroid dienone is 10. The standard InChI is InChI=1S/C75H140NO8P/c1-3-5-7-9-11-13-15-17-19-21-23-25-27-29-30-31-32-33-34-35-36-37-38-39-40-41-42-44-46-48-50-52-54-56-58-60-62-64-66-68-75(78)84-73(72-83-85(79,80)82-70-69-76)71-81-74(77)67-65-63-61-59-57-55-53-51-49-47-45-43-28-26-24-22-20-18-16-14-12-10-8-6-4-2/h5,7,11,13,17,19,22-25,73H,3-4,6,8-10,12,14-16,18,20-21,26-72,76H2,1-2H3,(H,79,80)/b7-5-,13-11-,19-17-,24-22-,25-23-. The van der Waals surface area contributed by atoms with Gasteiger partial charge in [0.15, 0.2) is 6.10 Å². The molecule has 0 amide bonds. The molecule has 0 aliphatic rings. The Kier molecular flexibility index (Phi) is 68.9. The molecule has 85 heavy (non-hydrogen) atoms. The Hall–Kier alpha value is -2.29. The van der Waals surface area contributed by atoms with E-state index in [0.29, 0.717) is 6.42 Å². The average molecular weight is 1210 g/mol. The van der Waals surface area contributed by atoms with Gasteiger partial charge in [0.05, 0.1) is 13.2 Å². The molecule has 2 unspecified atom stereocenters. The molecule has 0 bridgehead atoms. The lowest BCUT2D eigenvalue weighted by molar-refractivity contribution is -0.161. The highest BCUT2D eigenvalue weighted by Gasteiger charge is 2.26. The molecule has 0 fully saturated rings. The molecule has 0 heterocycles. The van der Waals surface area contributed by atoms with Gasteiger partial charge in [-0.25, -0.2) is 4.57 Å². The zero-order chi connectivity index (χ0) is 61.6. The maximum atomic E-state index is 12.8. The smallest absolute Gasteiger partial charge is 0.462 e. The Labute approximate surface area is 527 Å². The third kappa shape index (κ3) is 70.7. The highest BCUT2D eigenvalue weighted by atomic mass is 31.2. The molecule has 0 aromatic rings. The summed E-state index contributed by atoms with van der Waals surface area (Å²) in [7, 11) is -4.39. The summed E-state index contributed by atoms with van der Waals surface area (Å²) in [5, 5.41) is 0. The Morgan fingerprint density at radius 2 is 0.647 bits per heavy atom. The van der Waals surface area contributed by atoms with Crippen molar-refractivity contribution in [2.24, 2.45) is 5.73 Å². The number of unbranched alkanes of at least 4 members (excludes halogenated alkanes) is 47. The summed E-state index contributed by atoms with van der Waals surface area (Å²) in [6, 6.07) is 0. The fraction of sp³-hybridized carbons (Fsp3) is 0.840. The number of ether oxygens (including phenoxy) is 2. The molecule has 0 radical (unpaired) electrons. The van der Waals surface area contributed by atoms with E-state index in [2.05, 4.69) is 74.6 Å². The van der Waals surface area contributed by atoms with Crippen LogP contribution in [0.3, 0.4) is 0 Å². The molecular weight excluding hydrogens is 1070 g/mol. The van der Waals surface area contributed by atoms with Crippen molar-refractivity contribution in [1.82, 2.24) is 0 Å². The van der Waals surface area contributed by atoms with E-state index < -0.39 is 26.5 Å². The first-order valence-electron chi connectivity index (χ1n) is 36.8. The van der Waals surface area contributed by atoms with Crippen LogP contribution in [0.25, 0.3) is 0 Å². The van der Waals surface area contributed by atoms with Gasteiger partial charge >= 0.3 is 19.8 Å². The van der Waals surface area contributed by atoms with Crippen LogP contribution in [0.2, 0.25) is 0 Å². The van der Waals surface area contributed by atoms with Gasteiger partial charge in [0.1, 0.15) is 6.61 Å². The van der Waals surface area contributed by atoms with Crippen LogP contribution in [-0.2, 0) is 32.7 Å². The van der Waals surface area contributed by atoms with Gasteiger partial charge in [-0.3, -0.25) is 18.6 Å². The predicted octanol–water partition coefficient (Wildman–Crippen LogP) is 24.2. The Balaban J connectivity index is 3.77. The molecule has 498 valence electrons. The highest BCUT2D eigenvalue weighted by molar-refractivity contribution is 7.47. The normalized spacial score (nSPS) is 13.2. The van der Waals surface area contributed by atoms with Gasteiger partial charge in [0.25, 0.3) is 0 Å². The zero-order valence-corrected chi connectivity index (χ0v) is 57.0. The van der Waals surface area contributed by atoms with E-state index in [1.54, 1.807) is 0 Å². The molecule has 9 nitrogen and oxygen atoms in total. The van der Waals surface area contributed by atoms with Gasteiger partial charge in [-0.15, -0.1) is 0 Å². The molecule has 0 aromatic heterocycles. The largest absolute Gasteiger partial charge is 0.472 e. The van der Waals surface area contributed by atoms with Crippen molar-refractivity contribution in [3.05, 3.63) is 60.8 Å². The number of esters is 2. The topological polar surface area (TPSA) is 134 Å². The summed E-state index contributed by atoms with van der Waals surface area (Å²) in [6.07, 6.45) is 92.0. The summed E-state index contributed by atoms with van der Waals surface area (Å²) in [5.41, 5.74) is 5.41. The molecule has 0 aliphatic carbocycles. The number of carbonyl (C=O) groups excluding carboxylic acids is 2. The number of phosphoric ester groups is 1. The average Bonchev–Trinajstić information content (AvgIpc) is 3.53. The van der Waals surface area contributed by atoms with Gasteiger partial charge in [-0.2, -0.15) is 0 Å². The third-order valence-electron chi connectivity index (χ3n) is 16.4. The second kappa shape index (κ2) is 70.8. The molecule has 0 spiro atoms. The van der Waals surface area contributed by atoms with Crippen molar-refractivity contribution in [3.63, 3.8) is 0 Å². The third-order valence-corrected chi connectivity index (χ3v) is 17.4. The summed E-state index contributed by atoms with van der Waals surface area (Å²) in [5.74, 6) is -0.807. The number of hydrogen-bond acceptors (Lipinski definition) is 8. The van der Waals surface area contributed by atoms with Crippen molar-refractivity contribution in [2.45, 2.75) is 380 Å². The summed E-state index contributed by atoms with van der Waals surface area (Å²) in [4.78, 5) is 35.4. The fourth-order valence-corrected chi connectivity index (χ4v) is 11.7. The lowest BCUT2D eigenvalue weighted by Gasteiger charge is -2.19. The molecule has 10 heteroatoms.